The molecule has 2 nitrogen and oxygen atoms in total. The van der Waals surface area contributed by atoms with Gasteiger partial charge in [-0.05, 0) is 23.3 Å². The number of thioether (sulfide) groups is 1. The quantitative estimate of drug-likeness (QED) is 0.909. The highest BCUT2D eigenvalue weighted by atomic mass is 32.2. The molecular formula is C18H24N2S. The van der Waals surface area contributed by atoms with Crippen LogP contribution in [0.25, 0.3) is 10.8 Å². The van der Waals surface area contributed by atoms with Gasteiger partial charge >= 0.3 is 0 Å². The molecule has 3 rings (SSSR count). The van der Waals surface area contributed by atoms with Gasteiger partial charge in [0.15, 0.2) is 0 Å². The molecule has 0 aromatic heterocycles. The molecule has 1 atom stereocenters. The Balaban J connectivity index is 1.60. The first kappa shape index (κ1) is 14.9. The molecule has 3 heteroatoms. The summed E-state index contributed by atoms with van der Waals surface area (Å²) in [4.78, 5) is 2.57. The molecule has 1 saturated heterocycles. The molecule has 1 unspecified atom stereocenters. The number of hydrogen-bond donors (Lipinski definition) is 1. The zero-order valence-corrected chi connectivity index (χ0v) is 13.5. The monoisotopic (exact) mass is 300 g/mol. The van der Waals surface area contributed by atoms with E-state index in [0.717, 1.165) is 13.1 Å². The molecule has 21 heavy (non-hydrogen) atoms. The fourth-order valence-corrected chi connectivity index (χ4v) is 3.98. The van der Waals surface area contributed by atoms with Gasteiger partial charge in [-0.25, -0.2) is 0 Å². The van der Waals surface area contributed by atoms with Gasteiger partial charge in [0.1, 0.15) is 0 Å². The highest BCUT2D eigenvalue weighted by Gasteiger charge is 2.11. The molecule has 1 N–H and O–H groups in total. The van der Waals surface area contributed by atoms with Crippen LogP contribution in [-0.2, 0) is 0 Å². The molecule has 1 aliphatic heterocycles. The van der Waals surface area contributed by atoms with E-state index in [2.05, 4.69) is 71.4 Å². The van der Waals surface area contributed by atoms with Crippen molar-refractivity contribution in [3.8, 4) is 0 Å². The van der Waals surface area contributed by atoms with Crippen LogP contribution in [0.4, 0.5) is 0 Å². The standard InChI is InChI=1S/C18H24N2S/c1-15(19-9-10-20-11-13-21-14-12-20)17-8-4-6-16-5-2-3-7-18(16)17/h2-8,15,19H,9-14H2,1H3. The van der Waals surface area contributed by atoms with Crippen molar-refractivity contribution in [1.82, 2.24) is 10.2 Å². The second-order valence-electron chi connectivity index (χ2n) is 5.70. The Kier molecular flexibility index (Phi) is 5.17. The van der Waals surface area contributed by atoms with Crippen LogP contribution >= 0.6 is 11.8 Å². The van der Waals surface area contributed by atoms with Crippen LogP contribution in [0.3, 0.4) is 0 Å². The predicted molar refractivity (Wildman–Crippen MR) is 94.1 cm³/mol. The van der Waals surface area contributed by atoms with Gasteiger partial charge in [-0.3, -0.25) is 0 Å². The minimum Gasteiger partial charge on any atom is -0.309 e. The first-order valence-electron chi connectivity index (χ1n) is 7.86. The molecule has 0 aliphatic carbocycles. The molecule has 2 aromatic rings. The SMILES string of the molecule is CC(NCCN1CCSCC1)c1cccc2ccccc12. The second kappa shape index (κ2) is 7.30. The maximum absolute atomic E-state index is 3.69. The summed E-state index contributed by atoms with van der Waals surface area (Å²) in [5, 5.41) is 6.39. The fraction of sp³-hybridized carbons (Fsp3) is 0.444. The van der Waals surface area contributed by atoms with Crippen LogP contribution < -0.4 is 5.32 Å². The van der Waals surface area contributed by atoms with Gasteiger partial charge in [-0.15, -0.1) is 0 Å². The van der Waals surface area contributed by atoms with Crippen LogP contribution in [-0.4, -0.2) is 42.6 Å². The Morgan fingerprint density at radius 2 is 1.86 bits per heavy atom. The molecule has 1 heterocycles. The van der Waals surface area contributed by atoms with Crippen molar-refractivity contribution in [2.24, 2.45) is 0 Å². The van der Waals surface area contributed by atoms with E-state index in [4.69, 9.17) is 0 Å². The average Bonchev–Trinajstić information content (AvgIpc) is 2.55. The Morgan fingerprint density at radius 1 is 1.10 bits per heavy atom. The van der Waals surface area contributed by atoms with E-state index in [-0.39, 0.29) is 0 Å². The first-order chi connectivity index (χ1) is 10.3. The summed E-state index contributed by atoms with van der Waals surface area (Å²) in [7, 11) is 0. The van der Waals surface area contributed by atoms with E-state index >= 15 is 0 Å². The van der Waals surface area contributed by atoms with Crippen molar-refractivity contribution in [3.05, 3.63) is 48.0 Å². The van der Waals surface area contributed by atoms with Crippen molar-refractivity contribution < 1.29 is 0 Å². The summed E-state index contributed by atoms with van der Waals surface area (Å²) in [5.74, 6) is 2.58. The molecule has 0 saturated carbocycles. The van der Waals surface area contributed by atoms with Crippen LogP contribution in [0.1, 0.15) is 18.5 Å². The van der Waals surface area contributed by atoms with Gasteiger partial charge in [0.25, 0.3) is 0 Å². The molecule has 2 aromatic carbocycles. The van der Waals surface area contributed by atoms with Crippen LogP contribution in [0, 0.1) is 0 Å². The number of fused-ring (bicyclic) bond motifs is 1. The van der Waals surface area contributed by atoms with E-state index in [1.54, 1.807) is 0 Å². The lowest BCUT2D eigenvalue weighted by Gasteiger charge is -2.27. The average molecular weight is 300 g/mol. The van der Waals surface area contributed by atoms with Gasteiger partial charge in [-0.1, -0.05) is 42.5 Å². The molecule has 1 aliphatic rings. The lowest BCUT2D eigenvalue weighted by Crippen LogP contribution is -2.38. The second-order valence-corrected chi connectivity index (χ2v) is 6.92. The minimum atomic E-state index is 0.398. The summed E-state index contributed by atoms with van der Waals surface area (Å²) in [6.07, 6.45) is 0. The predicted octanol–water partition coefficient (Wildman–Crippen LogP) is 3.54. The summed E-state index contributed by atoms with van der Waals surface area (Å²) >= 11 is 2.07. The smallest absolute Gasteiger partial charge is 0.0298 e. The molecule has 0 bridgehead atoms. The van der Waals surface area contributed by atoms with Crippen LogP contribution in [0.15, 0.2) is 42.5 Å². The Morgan fingerprint density at radius 3 is 2.71 bits per heavy atom. The van der Waals surface area contributed by atoms with E-state index in [1.807, 2.05) is 0 Å². The van der Waals surface area contributed by atoms with E-state index in [1.165, 1.54) is 40.9 Å². The van der Waals surface area contributed by atoms with E-state index in [0.29, 0.717) is 6.04 Å². The third-order valence-corrected chi connectivity index (χ3v) is 5.21. The van der Waals surface area contributed by atoms with Crippen LogP contribution in [0.2, 0.25) is 0 Å². The van der Waals surface area contributed by atoms with Crippen LogP contribution in [0.5, 0.6) is 0 Å². The van der Waals surface area contributed by atoms with Crippen molar-refractivity contribution in [3.63, 3.8) is 0 Å². The van der Waals surface area contributed by atoms with Gasteiger partial charge in [-0.2, -0.15) is 11.8 Å². The Labute approximate surface area is 131 Å². The summed E-state index contributed by atoms with van der Waals surface area (Å²) in [5.41, 5.74) is 1.40. The van der Waals surface area contributed by atoms with Gasteiger partial charge < -0.3 is 10.2 Å². The summed E-state index contributed by atoms with van der Waals surface area (Å²) in [6.45, 7) is 6.99. The number of nitrogens with one attached hydrogen (secondary N) is 1. The normalized spacial score (nSPS) is 18.0. The lowest BCUT2D eigenvalue weighted by atomic mass is 10.00. The lowest BCUT2D eigenvalue weighted by molar-refractivity contribution is 0.297. The first-order valence-corrected chi connectivity index (χ1v) is 9.01. The fourth-order valence-electron chi connectivity index (χ4n) is 3.00. The maximum atomic E-state index is 3.69. The van der Waals surface area contributed by atoms with E-state index in [9.17, 15) is 0 Å². The zero-order valence-electron chi connectivity index (χ0n) is 12.7. The molecular weight excluding hydrogens is 276 g/mol. The largest absolute Gasteiger partial charge is 0.309 e. The zero-order chi connectivity index (χ0) is 14.5. The molecule has 1 fully saturated rings. The number of benzene rings is 2. The molecule has 0 radical (unpaired) electrons. The topological polar surface area (TPSA) is 15.3 Å². The highest BCUT2D eigenvalue weighted by molar-refractivity contribution is 7.99. The van der Waals surface area contributed by atoms with Gasteiger partial charge in [0.05, 0.1) is 0 Å². The number of nitrogens with zero attached hydrogens (tertiary/aromatic N) is 1. The van der Waals surface area contributed by atoms with Gasteiger partial charge in [0.2, 0.25) is 0 Å². The minimum absolute atomic E-state index is 0.398. The van der Waals surface area contributed by atoms with Crippen molar-refractivity contribution in [2.75, 3.05) is 37.7 Å². The van der Waals surface area contributed by atoms with Gasteiger partial charge in [0, 0.05) is 43.7 Å². The molecule has 112 valence electrons. The van der Waals surface area contributed by atoms with Crippen molar-refractivity contribution >= 4 is 22.5 Å². The summed E-state index contributed by atoms with van der Waals surface area (Å²) in [6, 6.07) is 15.7. The number of rotatable bonds is 5. The Hall–Kier alpha value is -1.03. The third-order valence-electron chi connectivity index (χ3n) is 4.27. The molecule has 0 amide bonds. The Bertz CT molecular complexity index is 573. The highest BCUT2D eigenvalue weighted by Crippen LogP contribution is 2.23. The number of hydrogen-bond acceptors (Lipinski definition) is 3. The van der Waals surface area contributed by atoms with E-state index < -0.39 is 0 Å². The third kappa shape index (κ3) is 3.79. The van der Waals surface area contributed by atoms with Crippen molar-refractivity contribution in [2.45, 2.75) is 13.0 Å². The van der Waals surface area contributed by atoms with Crippen molar-refractivity contribution in [1.29, 1.82) is 0 Å². The maximum Gasteiger partial charge on any atom is 0.0298 e. The summed E-state index contributed by atoms with van der Waals surface area (Å²) < 4.78 is 0. The molecule has 0 spiro atoms.